The fourth-order valence-corrected chi connectivity index (χ4v) is 2.13. The van der Waals surface area contributed by atoms with Gasteiger partial charge in [0.05, 0.1) is 12.7 Å². The van der Waals surface area contributed by atoms with Crippen LogP contribution in [0.15, 0.2) is 24.3 Å². The van der Waals surface area contributed by atoms with Gasteiger partial charge < -0.3 is 9.47 Å². The van der Waals surface area contributed by atoms with Gasteiger partial charge in [-0.25, -0.2) is 0 Å². The molecule has 88 valence electrons. The van der Waals surface area contributed by atoms with E-state index in [1.165, 1.54) is 5.56 Å². The van der Waals surface area contributed by atoms with Crippen LogP contribution < -0.4 is 4.74 Å². The Morgan fingerprint density at radius 3 is 2.31 bits per heavy atom. The number of likely N-dealkylation sites (tertiary alicyclic amines) is 1. The maximum absolute atomic E-state index is 5.42. The Labute approximate surface area is 97.0 Å². The zero-order chi connectivity index (χ0) is 11.6. The summed E-state index contributed by atoms with van der Waals surface area (Å²) in [4.78, 5) is 2.38. The van der Waals surface area contributed by atoms with Crippen LogP contribution in [-0.4, -0.2) is 37.8 Å². The van der Waals surface area contributed by atoms with Crippen molar-refractivity contribution in [1.29, 1.82) is 0 Å². The molecule has 0 saturated carbocycles. The largest absolute Gasteiger partial charge is 0.497 e. The third-order valence-electron chi connectivity index (χ3n) is 3.17. The van der Waals surface area contributed by atoms with E-state index in [2.05, 4.69) is 24.0 Å². The van der Waals surface area contributed by atoms with Crippen LogP contribution in [0.3, 0.4) is 0 Å². The lowest BCUT2D eigenvalue weighted by molar-refractivity contribution is -0.114. The summed E-state index contributed by atoms with van der Waals surface area (Å²) in [5, 5.41) is 0. The van der Waals surface area contributed by atoms with E-state index in [4.69, 9.17) is 9.47 Å². The summed E-state index contributed by atoms with van der Waals surface area (Å²) in [7, 11) is 3.47. The van der Waals surface area contributed by atoms with Gasteiger partial charge in [0.25, 0.3) is 0 Å². The van der Waals surface area contributed by atoms with Gasteiger partial charge in [-0.1, -0.05) is 12.1 Å². The predicted molar refractivity (Wildman–Crippen MR) is 63.7 cm³/mol. The summed E-state index contributed by atoms with van der Waals surface area (Å²) in [6.45, 7) is 5.16. The van der Waals surface area contributed by atoms with Crippen molar-refractivity contribution in [2.45, 2.75) is 19.1 Å². The number of methoxy groups -OCH3 is 2. The van der Waals surface area contributed by atoms with Crippen LogP contribution in [0.2, 0.25) is 0 Å². The molecule has 1 aromatic carbocycles. The second-order valence-corrected chi connectivity index (χ2v) is 4.65. The van der Waals surface area contributed by atoms with Gasteiger partial charge in [-0.2, -0.15) is 0 Å². The minimum Gasteiger partial charge on any atom is -0.497 e. The highest BCUT2D eigenvalue weighted by Crippen LogP contribution is 2.25. The van der Waals surface area contributed by atoms with Crippen LogP contribution in [-0.2, 0) is 11.3 Å². The first-order chi connectivity index (χ1) is 7.65. The summed E-state index contributed by atoms with van der Waals surface area (Å²) in [5.41, 5.74) is 1.38. The van der Waals surface area contributed by atoms with Crippen LogP contribution in [0.5, 0.6) is 5.75 Å². The molecule has 0 aliphatic carbocycles. The molecule has 3 heteroatoms. The average Bonchev–Trinajstić information content (AvgIpc) is 2.28. The molecule has 2 rings (SSSR count). The normalized spacial score (nSPS) is 19.2. The molecule has 0 radical (unpaired) electrons. The van der Waals surface area contributed by atoms with E-state index in [9.17, 15) is 0 Å². The third kappa shape index (κ3) is 2.36. The maximum Gasteiger partial charge on any atom is 0.118 e. The molecule has 0 bridgehead atoms. The Kier molecular flexibility index (Phi) is 3.17. The van der Waals surface area contributed by atoms with Crippen molar-refractivity contribution in [3.63, 3.8) is 0 Å². The summed E-state index contributed by atoms with van der Waals surface area (Å²) >= 11 is 0. The first kappa shape index (κ1) is 11.4. The van der Waals surface area contributed by atoms with E-state index in [1.54, 1.807) is 14.2 Å². The van der Waals surface area contributed by atoms with Crippen molar-refractivity contribution in [2.24, 2.45) is 0 Å². The van der Waals surface area contributed by atoms with Gasteiger partial charge in [0.15, 0.2) is 0 Å². The Bertz CT molecular complexity index is 341. The SMILES string of the molecule is COc1ccc(CN2CC(C)(OC)C2)cc1. The van der Waals surface area contributed by atoms with Crippen molar-refractivity contribution in [1.82, 2.24) is 4.90 Å². The molecule has 0 spiro atoms. The summed E-state index contributed by atoms with van der Waals surface area (Å²) in [6.07, 6.45) is 0. The van der Waals surface area contributed by atoms with Crippen molar-refractivity contribution in [3.05, 3.63) is 29.8 Å². The molecule has 1 heterocycles. The van der Waals surface area contributed by atoms with E-state index in [-0.39, 0.29) is 5.60 Å². The third-order valence-corrected chi connectivity index (χ3v) is 3.17. The number of hydrogen-bond acceptors (Lipinski definition) is 3. The van der Waals surface area contributed by atoms with Gasteiger partial charge in [-0.15, -0.1) is 0 Å². The quantitative estimate of drug-likeness (QED) is 0.775. The number of hydrogen-bond donors (Lipinski definition) is 0. The number of rotatable bonds is 4. The van der Waals surface area contributed by atoms with Crippen molar-refractivity contribution in [3.8, 4) is 5.75 Å². The smallest absolute Gasteiger partial charge is 0.118 e. The Morgan fingerprint density at radius 2 is 1.81 bits per heavy atom. The minimum absolute atomic E-state index is 0.0620. The Balaban J connectivity index is 1.87. The number of ether oxygens (including phenoxy) is 2. The maximum atomic E-state index is 5.42. The van der Waals surface area contributed by atoms with Gasteiger partial charge >= 0.3 is 0 Å². The van der Waals surface area contributed by atoms with Crippen molar-refractivity contribution in [2.75, 3.05) is 27.3 Å². The molecule has 0 atom stereocenters. The lowest BCUT2D eigenvalue weighted by atomic mass is 9.96. The van der Waals surface area contributed by atoms with Gasteiger partial charge in [-0.3, -0.25) is 4.90 Å². The van der Waals surface area contributed by atoms with Crippen molar-refractivity contribution < 1.29 is 9.47 Å². The van der Waals surface area contributed by atoms with E-state index in [1.807, 2.05) is 12.1 Å². The van der Waals surface area contributed by atoms with Crippen LogP contribution in [0, 0.1) is 0 Å². The molecule has 1 aliphatic rings. The van der Waals surface area contributed by atoms with E-state index < -0.39 is 0 Å². The van der Waals surface area contributed by atoms with Crippen LogP contribution in [0.1, 0.15) is 12.5 Å². The van der Waals surface area contributed by atoms with E-state index >= 15 is 0 Å². The number of nitrogens with zero attached hydrogens (tertiary/aromatic N) is 1. The average molecular weight is 221 g/mol. The highest BCUT2D eigenvalue weighted by molar-refractivity contribution is 5.27. The molecule has 0 N–H and O–H groups in total. The summed E-state index contributed by atoms with van der Waals surface area (Å²) in [6, 6.07) is 8.23. The molecule has 1 saturated heterocycles. The molecule has 3 nitrogen and oxygen atoms in total. The van der Waals surface area contributed by atoms with E-state index in [0.717, 1.165) is 25.4 Å². The van der Waals surface area contributed by atoms with Gasteiger partial charge in [-0.05, 0) is 24.6 Å². The van der Waals surface area contributed by atoms with Crippen LogP contribution in [0.4, 0.5) is 0 Å². The Morgan fingerprint density at radius 1 is 1.19 bits per heavy atom. The monoisotopic (exact) mass is 221 g/mol. The van der Waals surface area contributed by atoms with Gasteiger partial charge in [0.2, 0.25) is 0 Å². The standard InChI is InChI=1S/C13H19NO2/c1-13(16-3)9-14(10-13)8-11-4-6-12(15-2)7-5-11/h4-7H,8-10H2,1-3H3. The highest BCUT2D eigenvalue weighted by atomic mass is 16.5. The molecule has 1 fully saturated rings. The molecule has 1 aromatic rings. The molecule has 0 aromatic heterocycles. The van der Waals surface area contributed by atoms with Crippen LogP contribution in [0.25, 0.3) is 0 Å². The second-order valence-electron chi connectivity index (χ2n) is 4.65. The topological polar surface area (TPSA) is 21.7 Å². The van der Waals surface area contributed by atoms with E-state index in [0.29, 0.717) is 0 Å². The van der Waals surface area contributed by atoms with Crippen molar-refractivity contribution >= 4 is 0 Å². The first-order valence-electron chi connectivity index (χ1n) is 5.56. The number of benzene rings is 1. The fourth-order valence-electron chi connectivity index (χ4n) is 2.13. The molecule has 0 unspecified atom stereocenters. The zero-order valence-corrected chi connectivity index (χ0v) is 10.2. The summed E-state index contributed by atoms with van der Waals surface area (Å²) in [5.74, 6) is 0.911. The zero-order valence-electron chi connectivity index (χ0n) is 10.2. The lowest BCUT2D eigenvalue weighted by Gasteiger charge is -2.47. The Hall–Kier alpha value is -1.06. The molecule has 0 amide bonds. The lowest BCUT2D eigenvalue weighted by Crippen LogP contribution is -2.60. The van der Waals surface area contributed by atoms with Crippen LogP contribution >= 0.6 is 0 Å². The van der Waals surface area contributed by atoms with Gasteiger partial charge in [0.1, 0.15) is 5.75 Å². The highest BCUT2D eigenvalue weighted by Gasteiger charge is 2.38. The minimum atomic E-state index is 0.0620. The molecule has 16 heavy (non-hydrogen) atoms. The predicted octanol–water partition coefficient (Wildman–Crippen LogP) is 1.92. The summed E-state index contributed by atoms with van der Waals surface area (Å²) < 4.78 is 10.5. The second kappa shape index (κ2) is 4.44. The molecule has 1 aliphatic heterocycles. The molecular formula is C13H19NO2. The first-order valence-corrected chi connectivity index (χ1v) is 5.56. The fraction of sp³-hybridized carbons (Fsp3) is 0.538. The van der Waals surface area contributed by atoms with Gasteiger partial charge in [0, 0.05) is 26.7 Å². The molecular weight excluding hydrogens is 202 g/mol.